The lowest BCUT2D eigenvalue weighted by atomic mass is 10.1. The monoisotopic (exact) mass is 430 g/mol. The first kappa shape index (κ1) is 21.4. The van der Waals surface area contributed by atoms with E-state index in [9.17, 15) is 9.59 Å². The molecule has 0 aliphatic rings. The Labute approximate surface area is 186 Å². The molecule has 0 unspecified atom stereocenters. The highest BCUT2D eigenvalue weighted by atomic mass is 16.3. The Morgan fingerprint density at radius 1 is 1.03 bits per heavy atom. The normalized spacial score (nSPS) is 11.0. The summed E-state index contributed by atoms with van der Waals surface area (Å²) in [7, 11) is 3.49. The van der Waals surface area contributed by atoms with Gasteiger partial charge in [-0.25, -0.2) is 4.98 Å². The van der Waals surface area contributed by atoms with E-state index < -0.39 is 0 Å². The maximum absolute atomic E-state index is 13.0. The van der Waals surface area contributed by atoms with Crippen molar-refractivity contribution in [3.05, 3.63) is 89.6 Å². The van der Waals surface area contributed by atoms with Crippen LogP contribution in [0.5, 0.6) is 0 Å². The molecular weight excluding hydrogens is 404 g/mol. The van der Waals surface area contributed by atoms with Crippen molar-refractivity contribution in [1.82, 2.24) is 14.3 Å². The van der Waals surface area contributed by atoms with Gasteiger partial charge in [-0.15, -0.1) is 0 Å². The molecular formula is C25H26N4O3. The second-order valence-corrected chi connectivity index (χ2v) is 7.74. The molecule has 0 atom stereocenters. The number of rotatable bonds is 7. The SMILES string of the molecule is CCc1nc2ccc(C(=O)N(C)Cc3ccco3)cn2c1N(C)C(=O)Cc1ccccc1. The minimum absolute atomic E-state index is 0.0423. The largest absolute Gasteiger partial charge is 0.467 e. The molecule has 164 valence electrons. The van der Waals surface area contributed by atoms with Crippen LogP contribution in [0.3, 0.4) is 0 Å². The molecule has 0 bridgehead atoms. The molecule has 7 heteroatoms. The van der Waals surface area contributed by atoms with Crippen LogP contribution in [0.4, 0.5) is 5.82 Å². The molecule has 0 N–H and O–H groups in total. The smallest absolute Gasteiger partial charge is 0.255 e. The van der Waals surface area contributed by atoms with Gasteiger partial charge >= 0.3 is 0 Å². The number of pyridine rings is 1. The number of fused-ring (bicyclic) bond motifs is 1. The van der Waals surface area contributed by atoms with Crippen LogP contribution < -0.4 is 4.90 Å². The number of aryl methyl sites for hydroxylation is 1. The zero-order valence-corrected chi connectivity index (χ0v) is 18.5. The molecule has 0 fully saturated rings. The molecule has 1 aromatic carbocycles. The number of carbonyl (C=O) groups is 2. The van der Waals surface area contributed by atoms with Crippen molar-refractivity contribution in [2.45, 2.75) is 26.3 Å². The number of hydrogen-bond acceptors (Lipinski definition) is 4. The number of anilines is 1. The van der Waals surface area contributed by atoms with Gasteiger partial charge in [0.25, 0.3) is 5.91 Å². The van der Waals surface area contributed by atoms with E-state index >= 15 is 0 Å². The summed E-state index contributed by atoms with van der Waals surface area (Å²) >= 11 is 0. The summed E-state index contributed by atoms with van der Waals surface area (Å²) < 4.78 is 7.18. The van der Waals surface area contributed by atoms with Gasteiger partial charge in [-0.3, -0.25) is 18.9 Å². The minimum Gasteiger partial charge on any atom is -0.467 e. The number of carbonyl (C=O) groups excluding carboxylic acids is 2. The number of benzene rings is 1. The zero-order valence-electron chi connectivity index (χ0n) is 18.5. The Bertz CT molecular complexity index is 1230. The van der Waals surface area contributed by atoms with Crippen molar-refractivity contribution in [3.8, 4) is 0 Å². The van der Waals surface area contributed by atoms with Gasteiger partial charge in [-0.1, -0.05) is 37.3 Å². The highest BCUT2D eigenvalue weighted by Crippen LogP contribution is 2.24. The maximum atomic E-state index is 13.0. The third kappa shape index (κ3) is 4.27. The second kappa shape index (κ2) is 9.09. The minimum atomic E-state index is -0.140. The van der Waals surface area contributed by atoms with Gasteiger partial charge < -0.3 is 9.32 Å². The average molecular weight is 431 g/mol. The number of imidazole rings is 1. The Kier molecular flexibility index (Phi) is 6.07. The summed E-state index contributed by atoms with van der Waals surface area (Å²) in [6.45, 7) is 2.38. The predicted octanol–water partition coefficient (Wildman–Crippen LogP) is 3.97. The van der Waals surface area contributed by atoms with Gasteiger partial charge in [0.15, 0.2) is 0 Å². The number of hydrogen-bond donors (Lipinski definition) is 0. The van der Waals surface area contributed by atoms with Crippen LogP contribution in [0.1, 0.15) is 34.3 Å². The topological polar surface area (TPSA) is 71.1 Å². The van der Waals surface area contributed by atoms with E-state index in [1.165, 1.54) is 0 Å². The van der Waals surface area contributed by atoms with Crippen molar-refractivity contribution < 1.29 is 14.0 Å². The molecule has 4 aromatic rings. The number of aromatic nitrogens is 2. The van der Waals surface area contributed by atoms with E-state index in [1.54, 1.807) is 48.5 Å². The van der Waals surface area contributed by atoms with Gasteiger partial charge in [0.2, 0.25) is 5.91 Å². The Hall–Kier alpha value is -3.87. The van der Waals surface area contributed by atoms with Gasteiger partial charge in [-0.05, 0) is 36.2 Å². The van der Waals surface area contributed by atoms with Crippen LogP contribution in [-0.2, 0) is 24.2 Å². The summed E-state index contributed by atoms with van der Waals surface area (Å²) in [4.78, 5) is 34.0. The Morgan fingerprint density at radius 2 is 1.81 bits per heavy atom. The molecule has 4 rings (SSSR count). The third-order valence-electron chi connectivity index (χ3n) is 5.45. The van der Waals surface area contributed by atoms with E-state index in [0.29, 0.717) is 35.8 Å². The number of amides is 2. The summed E-state index contributed by atoms with van der Waals surface area (Å²) in [5, 5.41) is 0. The van der Waals surface area contributed by atoms with Crippen molar-refractivity contribution in [2.24, 2.45) is 0 Å². The van der Waals surface area contributed by atoms with Crippen molar-refractivity contribution in [1.29, 1.82) is 0 Å². The number of nitrogens with zero attached hydrogens (tertiary/aromatic N) is 4. The highest BCUT2D eigenvalue weighted by molar-refractivity contribution is 5.96. The summed E-state index contributed by atoms with van der Waals surface area (Å²) in [5.74, 6) is 1.22. The molecule has 0 saturated heterocycles. The molecule has 0 radical (unpaired) electrons. The van der Waals surface area contributed by atoms with Crippen molar-refractivity contribution in [2.75, 3.05) is 19.0 Å². The first-order valence-corrected chi connectivity index (χ1v) is 10.6. The Morgan fingerprint density at radius 3 is 2.50 bits per heavy atom. The van der Waals surface area contributed by atoms with Crippen LogP contribution in [0.15, 0.2) is 71.5 Å². The fourth-order valence-electron chi connectivity index (χ4n) is 3.74. The third-order valence-corrected chi connectivity index (χ3v) is 5.45. The fourth-order valence-corrected chi connectivity index (χ4v) is 3.74. The lowest BCUT2D eigenvalue weighted by Crippen LogP contribution is -2.30. The van der Waals surface area contributed by atoms with E-state index in [0.717, 1.165) is 11.3 Å². The molecule has 0 spiro atoms. The van der Waals surface area contributed by atoms with Crippen LogP contribution in [0.2, 0.25) is 0 Å². The summed E-state index contributed by atoms with van der Waals surface area (Å²) in [6.07, 6.45) is 4.30. The van der Waals surface area contributed by atoms with Crippen molar-refractivity contribution >= 4 is 23.3 Å². The molecule has 0 aliphatic heterocycles. The first-order valence-electron chi connectivity index (χ1n) is 10.6. The molecule has 0 aliphatic carbocycles. The van der Waals surface area contributed by atoms with Gasteiger partial charge in [-0.2, -0.15) is 0 Å². The molecule has 3 aromatic heterocycles. The lowest BCUT2D eigenvalue weighted by molar-refractivity contribution is -0.117. The van der Waals surface area contributed by atoms with Crippen molar-refractivity contribution in [3.63, 3.8) is 0 Å². The average Bonchev–Trinajstić information content (AvgIpc) is 3.45. The lowest BCUT2D eigenvalue weighted by Gasteiger charge is -2.19. The Balaban J connectivity index is 1.64. The van der Waals surface area contributed by atoms with Crippen LogP contribution >= 0.6 is 0 Å². The van der Waals surface area contributed by atoms with E-state index in [1.807, 2.05) is 53.8 Å². The summed E-state index contributed by atoms with van der Waals surface area (Å²) in [5.41, 5.74) is 2.97. The zero-order chi connectivity index (χ0) is 22.7. The molecule has 2 amide bonds. The van der Waals surface area contributed by atoms with Gasteiger partial charge in [0.1, 0.15) is 17.2 Å². The molecule has 32 heavy (non-hydrogen) atoms. The fraction of sp³-hybridized carbons (Fsp3) is 0.240. The van der Waals surface area contributed by atoms with E-state index in [2.05, 4.69) is 4.98 Å². The van der Waals surface area contributed by atoms with Crippen LogP contribution in [0, 0.1) is 0 Å². The van der Waals surface area contributed by atoms with E-state index in [-0.39, 0.29) is 18.2 Å². The molecule has 7 nitrogen and oxygen atoms in total. The van der Waals surface area contributed by atoms with Crippen LogP contribution in [-0.4, -0.2) is 40.2 Å². The maximum Gasteiger partial charge on any atom is 0.255 e. The summed E-state index contributed by atoms with van der Waals surface area (Å²) in [6, 6.07) is 16.9. The standard InChI is InChI=1S/C25H26N4O3/c1-4-21-24(28(3)23(30)15-18-9-6-5-7-10-18)29-16-19(12-13-22(29)26-21)25(31)27(2)17-20-11-8-14-32-20/h5-14,16H,4,15,17H2,1-3H3. The first-order chi connectivity index (χ1) is 15.5. The second-order valence-electron chi connectivity index (χ2n) is 7.74. The highest BCUT2D eigenvalue weighted by Gasteiger charge is 2.22. The predicted molar refractivity (Wildman–Crippen MR) is 123 cm³/mol. The molecule has 0 saturated carbocycles. The van der Waals surface area contributed by atoms with E-state index in [4.69, 9.17) is 4.42 Å². The van der Waals surface area contributed by atoms with Crippen LogP contribution in [0.25, 0.3) is 5.65 Å². The van der Waals surface area contributed by atoms with Gasteiger partial charge in [0, 0.05) is 20.3 Å². The number of likely N-dealkylation sites (N-methyl/N-ethyl adjacent to an activating group) is 1. The van der Waals surface area contributed by atoms with Gasteiger partial charge in [0.05, 0.1) is 30.5 Å². The molecule has 3 heterocycles. The number of furan rings is 1. The quantitative estimate of drug-likeness (QED) is 0.445.